The second-order valence-corrected chi connectivity index (χ2v) is 5.58. The quantitative estimate of drug-likeness (QED) is 0.732. The number of aromatic nitrogens is 3. The Hall–Kier alpha value is -3.15. The van der Waals surface area contributed by atoms with Crippen LogP contribution in [0.1, 0.15) is 12.5 Å². The van der Waals surface area contributed by atoms with Gasteiger partial charge in [0.1, 0.15) is 5.75 Å². The molecule has 6 heteroatoms. The van der Waals surface area contributed by atoms with Crippen LogP contribution in [0.3, 0.4) is 0 Å². The third kappa shape index (κ3) is 4.03. The van der Waals surface area contributed by atoms with Crippen LogP contribution < -0.4 is 15.0 Å². The van der Waals surface area contributed by atoms with Crippen molar-refractivity contribution >= 4 is 23.1 Å². The SMILES string of the molecule is CCN(c1cccc(C)c1)c1cnnc(Nc2cccc(OC)c2)n1. The second-order valence-electron chi connectivity index (χ2n) is 5.58. The van der Waals surface area contributed by atoms with Gasteiger partial charge in [0.25, 0.3) is 0 Å². The van der Waals surface area contributed by atoms with E-state index in [4.69, 9.17) is 4.74 Å². The molecule has 1 aromatic heterocycles. The lowest BCUT2D eigenvalue weighted by atomic mass is 10.2. The molecule has 0 spiro atoms. The van der Waals surface area contributed by atoms with Crippen molar-refractivity contribution in [1.82, 2.24) is 15.2 Å². The molecule has 0 saturated carbocycles. The van der Waals surface area contributed by atoms with E-state index in [1.54, 1.807) is 13.3 Å². The van der Waals surface area contributed by atoms with Gasteiger partial charge in [-0.1, -0.05) is 18.2 Å². The van der Waals surface area contributed by atoms with Crippen LogP contribution in [0.2, 0.25) is 0 Å². The monoisotopic (exact) mass is 335 g/mol. The molecule has 0 aliphatic heterocycles. The van der Waals surface area contributed by atoms with Crippen molar-refractivity contribution in [3.8, 4) is 5.75 Å². The Labute approximate surface area is 147 Å². The zero-order valence-corrected chi connectivity index (χ0v) is 14.6. The number of benzene rings is 2. The summed E-state index contributed by atoms with van der Waals surface area (Å²) in [5, 5.41) is 11.3. The molecular weight excluding hydrogens is 314 g/mol. The third-order valence-corrected chi connectivity index (χ3v) is 3.78. The smallest absolute Gasteiger partial charge is 0.249 e. The molecule has 0 aliphatic carbocycles. The van der Waals surface area contributed by atoms with Gasteiger partial charge in [-0.05, 0) is 43.7 Å². The van der Waals surface area contributed by atoms with Crippen LogP contribution >= 0.6 is 0 Å². The number of ether oxygens (including phenoxy) is 1. The van der Waals surface area contributed by atoms with Crippen LogP contribution in [-0.2, 0) is 0 Å². The van der Waals surface area contributed by atoms with Crippen molar-refractivity contribution in [2.45, 2.75) is 13.8 Å². The molecule has 2 aromatic carbocycles. The number of hydrogen-bond donors (Lipinski definition) is 1. The Balaban J connectivity index is 1.87. The third-order valence-electron chi connectivity index (χ3n) is 3.78. The number of aryl methyl sites for hydroxylation is 1. The molecule has 3 aromatic rings. The maximum absolute atomic E-state index is 5.24. The summed E-state index contributed by atoms with van der Waals surface area (Å²) < 4.78 is 5.24. The Kier molecular flexibility index (Phi) is 5.09. The largest absolute Gasteiger partial charge is 0.497 e. The van der Waals surface area contributed by atoms with Gasteiger partial charge in [-0.3, -0.25) is 0 Å². The Morgan fingerprint density at radius 3 is 2.72 bits per heavy atom. The fourth-order valence-electron chi connectivity index (χ4n) is 2.58. The minimum atomic E-state index is 0.442. The summed E-state index contributed by atoms with van der Waals surface area (Å²) >= 11 is 0. The number of nitrogens with zero attached hydrogens (tertiary/aromatic N) is 4. The molecular formula is C19H21N5O. The summed E-state index contributed by atoms with van der Waals surface area (Å²) in [5.74, 6) is 1.95. The predicted octanol–water partition coefficient (Wildman–Crippen LogP) is 4.09. The van der Waals surface area contributed by atoms with E-state index in [1.807, 2.05) is 30.3 Å². The fourth-order valence-corrected chi connectivity index (χ4v) is 2.58. The van der Waals surface area contributed by atoms with E-state index in [9.17, 15) is 0 Å². The van der Waals surface area contributed by atoms with Gasteiger partial charge >= 0.3 is 0 Å². The molecule has 128 valence electrons. The Morgan fingerprint density at radius 1 is 1.12 bits per heavy atom. The lowest BCUT2D eigenvalue weighted by Gasteiger charge is -2.22. The topological polar surface area (TPSA) is 63.2 Å². The number of rotatable bonds is 6. The first-order chi connectivity index (χ1) is 12.2. The zero-order valence-electron chi connectivity index (χ0n) is 14.6. The first-order valence-corrected chi connectivity index (χ1v) is 8.14. The molecule has 0 radical (unpaired) electrons. The van der Waals surface area contributed by atoms with Crippen LogP contribution in [0.25, 0.3) is 0 Å². The number of nitrogens with one attached hydrogen (secondary N) is 1. The molecule has 3 rings (SSSR count). The van der Waals surface area contributed by atoms with Gasteiger partial charge in [-0.2, -0.15) is 10.1 Å². The van der Waals surface area contributed by atoms with Gasteiger partial charge in [0.2, 0.25) is 5.95 Å². The molecule has 0 amide bonds. The zero-order chi connectivity index (χ0) is 17.6. The van der Waals surface area contributed by atoms with Crippen molar-refractivity contribution in [3.05, 3.63) is 60.3 Å². The van der Waals surface area contributed by atoms with Gasteiger partial charge in [-0.25, -0.2) is 0 Å². The van der Waals surface area contributed by atoms with Gasteiger partial charge in [0.05, 0.1) is 13.3 Å². The summed E-state index contributed by atoms with van der Waals surface area (Å²) in [6.45, 7) is 4.94. The van der Waals surface area contributed by atoms with E-state index in [2.05, 4.69) is 57.4 Å². The Bertz CT molecular complexity index is 852. The van der Waals surface area contributed by atoms with E-state index >= 15 is 0 Å². The van der Waals surface area contributed by atoms with E-state index in [1.165, 1.54) is 5.56 Å². The average Bonchev–Trinajstić information content (AvgIpc) is 2.63. The maximum Gasteiger partial charge on any atom is 0.249 e. The standard InChI is InChI=1S/C19H21N5O/c1-4-24(16-9-5-7-14(2)11-16)18-13-20-23-19(22-18)21-15-8-6-10-17(12-15)25-3/h5-13H,4H2,1-3H3,(H,21,22,23). The molecule has 1 N–H and O–H groups in total. The van der Waals surface area contributed by atoms with E-state index < -0.39 is 0 Å². The van der Waals surface area contributed by atoms with Crippen LogP contribution in [0.4, 0.5) is 23.1 Å². The second kappa shape index (κ2) is 7.61. The van der Waals surface area contributed by atoms with Crippen LogP contribution in [-0.4, -0.2) is 28.8 Å². The summed E-state index contributed by atoms with van der Waals surface area (Å²) in [6, 6.07) is 15.9. The molecule has 0 aliphatic rings. The van der Waals surface area contributed by atoms with E-state index in [-0.39, 0.29) is 0 Å². The minimum Gasteiger partial charge on any atom is -0.497 e. The first-order valence-electron chi connectivity index (χ1n) is 8.14. The van der Waals surface area contributed by atoms with Crippen LogP contribution in [0, 0.1) is 6.92 Å². The first kappa shape index (κ1) is 16.7. The fraction of sp³-hybridized carbons (Fsp3) is 0.211. The molecule has 0 bridgehead atoms. The van der Waals surface area contributed by atoms with Crippen LogP contribution in [0.5, 0.6) is 5.75 Å². The average molecular weight is 335 g/mol. The predicted molar refractivity (Wildman–Crippen MR) is 100.0 cm³/mol. The van der Waals surface area contributed by atoms with Crippen molar-refractivity contribution < 1.29 is 4.74 Å². The molecule has 6 nitrogen and oxygen atoms in total. The number of anilines is 4. The summed E-state index contributed by atoms with van der Waals surface area (Å²) in [4.78, 5) is 6.70. The molecule has 25 heavy (non-hydrogen) atoms. The maximum atomic E-state index is 5.24. The lowest BCUT2D eigenvalue weighted by Crippen LogP contribution is -2.18. The molecule has 0 fully saturated rings. The van der Waals surface area contributed by atoms with E-state index in [0.29, 0.717) is 5.95 Å². The normalized spacial score (nSPS) is 10.4. The molecule has 0 atom stereocenters. The molecule has 0 saturated heterocycles. The van der Waals surface area contributed by atoms with Gasteiger partial charge < -0.3 is 15.0 Å². The highest BCUT2D eigenvalue weighted by atomic mass is 16.5. The van der Waals surface area contributed by atoms with Gasteiger partial charge in [0.15, 0.2) is 5.82 Å². The number of hydrogen-bond acceptors (Lipinski definition) is 6. The minimum absolute atomic E-state index is 0.442. The van der Waals surface area contributed by atoms with Crippen molar-refractivity contribution in [3.63, 3.8) is 0 Å². The number of methoxy groups -OCH3 is 1. The molecule has 0 unspecified atom stereocenters. The van der Waals surface area contributed by atoms with Crippen molar-refractivity contribution in [2.24, 2.45) is 0 Å². The van der Waals surface area contributed by atoms with Crippen molar-refractivity contribution in [2.75, 3.05) is 23.9 Å². The highest BCUT2D eigenvalue weighted by Crippen LogP contribution is 2.25. The summed E-state index contributed by atoms with van der Waals surface area (Å²) in [7, 11) is 1.64. The van der Waals surface area contributed by atoms with Gasteiger partial charge in [0, 0.05) is 24.0 Å². The highest BCUT2D eigenvalue weighted by Gasteiger charge is 2.11. The summed E-state index contributed by atoms with van der Waals surface area (Å²) in [6.07, 6.45) is 1.67. The lowest BCUT2D eigenvalue weighted by molar-refractivity contribution is 0.415. The van der Waals surface area contributed by atoms with E-state index in [0.717, 1.165) is 29.5 Å². The summed E-state index contributed by atoms with van der Waals surface area (Å²) in [5.41, 5.74) is 3.12. The molecule has 1 heterocycles. The Morgan fingerprint density at radius 2 is 1.96 bits per heavy atom. The highest BCUT2D eigenvalue weighted by molar-refractivity contribution is 5.62. The van der Waals surface area contributed by atoms with Gasteiger partial charge in [-0.15, -0.1) is 5.10 Å². The van der Waals surface area contributed by atoms with Crippen LogP contribution in [0.15, 0.2) is 54.7 Å². The van der Waals surface area contributed by atoms with Crippen molar-refractivity contribution in [1.29, 1.82) is 0 Å².